The number of benzene rings is 1. The van der Waals surface area contributed by atoms with Crippen LogP contribution >= 0.6 is 11.8 Å². The molecule has 2 aromatic rings. The standard InChI is InChI=1S/C13H17NO3S2/c1-10(17-19(3,15)16)9-14-7-6-11-8-12(18-2)4-5-13(11)14/h4-8,10H,9H2,1-3H3/t10-/m0/s1. The van der Waals surface area contributed by atoms with E-state index in [9.17, 15) is 8.42 Å². The Hall–Kier alpha value is -0.980. The monoisotopic (exact) mass is 299 g/mol. The second kappa shape index (κ2) is 5.56. The average Bonchev–Trinajstić information content (AvgIpc) is 2.69. The van der Waals surface area contributed by atoms with Gasteiger partial charge in [0.15, 0.2) is 0 Å². The number of hydrogen-bond acceptors (Lipinski definition) is 4. The minimum Gasteiger partial charge on any atom is -0.345 e. The summed E-state index contributed by atoms with van der Waals surface area (Å²) in [7, 11) is -3.41. The summed E-state index contributed by atoms with van der Waals surface area (Å²) >= 11 is 1.70. The number of fused-ring (bicyclic) bond motifs is 1. The van der Waals surface area contributed by atoms with E-state index >= 15 is 0 Å². The minimum atomic E-state index is -3.41. The highest BCUT2D eigenvalue weighted by atomic mass is 32.2. The maximum atomic E-state index is 11.1. The maximum absolute atomic E-state index is 11.1. The molecular formula is C13H17NO3S2. The Kier molecular flexibility index (Phi) is 4.23. The van der Waals surface area contributed by atoms with Crippen molar-refractivity contribution in [2.75, 3.05) is 12.5 Å². The van der Waals surface area contributed by atoms with Crippen molar-refractivity contribution >= 4 is 32.8 Å². The lowest BCUT2D eigenvalue weighted by molar-refractivity contribution is 0.211. The van der Waals surface area contributed by atoms with Crippen molar-refractivity contribution in [1.29, 1.82) is 0 Å². The summed E-state index contributed by atoms with van der Waals surface area (Å²) in [6, 6.07) is 8.26. The van der Waals surface area contributed by atoms with Gasteiger partial charge in [-0.1, -0.05) is 0 Å². The molecule has 4 nitrogen and oxygen atoms in total. The van der Waals surface area contributed by atoms with E-state index in [-0.39, 0.29) is 6.10 Å². The molecule has 6 heteroatoms. The third kappa shape index (κ3) is 3.75. The Balaban J connectivity index is 2.22. The molecule has 19 heavy (non-hydrogen) atoms. The molecule has 2 rings (SSSR count). The molecule has 0 saturated carbocycles. The second-order valence-corrected chi connectivity index (χ2v) is 6.98. The summed E-state index contributed by atoms with van der Waals surface area (Å²) in [6.07, 6.45) is 4.69. The van der Waals surface area contributed by atoms with Crippen LogP contribution in [0.25, 0.3) is 10.9 Å². The van der Waals surface area contributed by atoms with Crippen LogP contribution < -0.4 is 0 Å². The largest absolute Gasteiger partial charge is 0.345 e. The van der Waals surface area contributed by atoms with Crippen LogP contribution in [-0.4, -0.2) is 31.6 Å². The Morgan fingerprint density at radius 2 is 2.11 bits per heavy atom. The van der Waals surface area contributed by atoms with Gasteiger partial charge in [-0.15, -0.1) is 11.8 Å². The highest BCUT2D eigenvalue weighted by Gasteiger charge is 2.12. The SMILES string of the molecule is CSc1ccc2c(ccn2C[C@H](C)OS(C)(=O)=O)c1. The highest BCUT2D eigenvalue weighted by Crippen LogP contribution is 2.23. The molecule has 0 spiro atoms. The predicted molar refractivity (Wildman–Crippen MR) is 79.1 cm³/mol. The van der Waals surface area contributed by atoms with E-state index in [1.54, 1.807) is 18.7 Å². The molecule has 1 atom stereocenters. The summed E-state index contributed by atoms with van der Waals surface area (Å²) in [4.78, 5) is 1.21. The molecular weight excluding hydrogens is 282 g/mol. The van der Waals surface area contributed by atoms with Crippen LogP contribution in [0, 0.1) is 0 Å². The van der Waals surface area contributed by atoms with Gasteiger partial charge in [-0.25, -0.2) is 0 Å². The fourth-order valence-corrected chi connectivity index (χ4v) is 3.18. The lowest BCUT2D eigenvalue weighted by Gasteiger charge is -2.13. The molecule has 0 saturated heterocycles. The van der Waals surface area contributed by atoms with Gasteiger partial charge in [0.05, 0.1) is 18.9 Å². The van der Waals surface area contributed by atoms with Crippen molar-refractivity contribution in [1.82, 2.24) is 4.57 Å². The van der Waals surface area contributed by atoms with E-state index < -0.39 is 10.1 Å². The Bertz CT molecular complexity index is 676. The second-order valence-electron chi connectivity index (χ2n) is 4.50. The van der Waals surface area contributed by atoms with Crippen LogP contribution in [-0.2, 0) is 20.8 Å². The molecule has 1 aromatic heterocycles. The lowest BCUT2D eigenvalue weighted by atomic mass is 10.2. The summed E-state index contributed by atoms with van der Waals surface area (Å²) in [6.45, 7) is 2.26. The minimum absolute atomic E-state index is 0.383. The van der Waals surface area contributed by atoms with Crippen molar-refractivity contribution in [3.63, 3.8) is 0 Å². The first-order chi connectivity index (χ1) is 8.89. The van der Waals surface area contributed by atoms with Crippen LogP contribution in [0.2, 0.25) is 0 Å². The summed E-state index contributed by atoms with van der Waals surface area (Å²) in [5.41, 5.74) is 1.08. The molecule has 0 aliphatic carbocycles. The van der Waals surface area contributed by atoms with Crippen LogP contribution in [0.3, 0.4) is 0 Å². The predicted octanol–water partition coefficient (Wildman–Crippen LogP) is 2.73. The molecule has 0 fully saturated rings. The number of thioether (sulfide) groups is 1. The van der Waals surface area contributed by atoms with Crippen LogP contribution in [0.15, 0.2) is 35.4 Å². The van der Waals surface area contributed by atoms with E-state index in [0.29, 0.717) is 6.54 Å². The van der Waals surface area contributed by atoms with Crippen LogP contribution in [0.5, 0.6) is 0 Å². The molecule has 1 aromatic carbocycles. The Morgan fingerprint density at radius 1 is 1.37 bits per heavy atom. The first kappa shape index (κ1) is 14.4. The normalized spacial score (nSPS) is 13.8. The Morgan fingerprint density at radius 3 is 2.74 bits per heavy atom. The lowest BCUT2D eigenvalue weighted by Crippen LogP contribution is -2.19. The molecule has 1 heterocycles. The molecule has 0 radical (unpaired) electrons. The van der Waals surface area contributed by atoms with Crippen molar-refractivity contribution < 1.29 is 12.6 Å². The molecule has 0 unspecified atom stereocenters. The summed E-state index contributed by atoms with van der Waals surface area (Å²) in [5.74, 6) is 0. The van der Waals surface area contributed by atoms with E-state index in [1.807, 2.05) is 29.2 Å². The van der Waals surface area contributed by atoms with E-state index in [1.165, 1.54) is 4.90 Å². The fourth-order valence-electron chi connectivity index (χ4n) is 2.07. The van der Waals surface area contributed by atoms with Gasteiger partial charge in [-0.3, -0.25) is 4.18 Å². The van der Waals surface area contributed by atoms with Crippen LogP contribution in [0.4, 0.5) is 0 Å². The van der Waals surface area contributed by atoms with Gasteiger partial charge in [0.2, 0.25) is 0 Å². The van der Waals surface area contributed by atoms with Gasteiger partial charge < -0.3 is 4.57 Å². The zero-order valence-corrected chi connectivity index (χ0v) is 12.8. The third-order valence-electron chi connectivity index (χ3n) is 2.77. The van der Waals surface area contributed by atoms with Crippen LogP contribution in [0.1, 0.15) is 6.92 Å². The fraction of sp³-hybridized carbons (Fsp3) is 0.385. The van der Waals surface area contributed by atoms with Gasteiger partial charge >= 0.3 is 0 Å². The van der Waals surface area contributed by atoms with Gasteiger partial charge in [-0.2, -0.15) is 8.42 Å². The first-order valence-corrected chi connectivity index (χ1v) is 8.94. The average molecular weight is 299 g/mol. The molecule has 0 amide bonds. The van der Waals surface area contributed by atoms with E-state index in [4.69, 9.17) is 4.18 Å². The van der Waals surface area contributed by atoms with Crippen molar-refractivity contribution in [3.05, 3.63) is 30.5 Å². The molecule has 0 bridgehead atoms. The van der Waals surface area contributed by atoms with Crippen molar-refractivity contribution in [2.24, 2.45) is 0 Å². The maximum Gasteiger partial charge on any atom is 0.264 e. The quantitative estimate of drug-likeness (QED) is 0.629. The number of nitrogens with zero attached hydrogens (tertiary/aromatic N) is 1. The zero-order chi connectivity index (χ0) is 14.0. The van der Waals surface area contributed by atoms with Crippen molar-refractivity contribution in [2.45, 2.75) is 24.5 Å². The third-order valence-corrected chi connectivity index (χ3v) is 4.17. The summed E-state index contributed by atoms with van der Waals surface area (Å²) in [5, 5.41) is 1.15. The van der Waals surface area contributed by atoms with E-state index in [0.717, 1.165) is 17.2 Å². The number of rotatable bonds is 5. The van der Waals surface area contributed by atoms with Crippen molar-refractivity contribution in [3.8, 4) is 0 Å². The molecule has 104 valence electrons. The zero-order valence-electron chi connectivity index (χ0n) is 11.2. The molecule has 0 aliphatic heterocycles. The Labute approximate surface area is 117 Å². The van der Waals surface area contributed by atoms with Gasteiger partial charge in [0, 0.05) is 22.0 Å². The van der Waals surface area contributed by atoms with Gasteiger partial charge in [0.25, 0.3) is 10.1 Å². The topological polar surface area (TPSA) is 48.3 Å². The highest BCUT2D eigenvalue weighted by molar-refractivity contribution is 7.98. The van der Waals surface area contributed by atoms with Gasteiger partial charge in [0.1, 0.15) is 0 Å². The number of hydrogen-bond donors (Lipinski definition) is 0. The van der Waals surface area contributed by atoms with E-state index in [2.05, 4.69) is 12.1 Å². The smallest absolute Gasteiger partial charge is 0.264 e. The molecule has 0 aliphatic rings. The summed E-state index contributed by atoms with van der Waals surface area (Å²) < 4.78 is 29.1. The number of aromatic nitrogens is 1. The van der Waals surface area contributed by atoms with Gasteiger partial charge in [-0.05, 0) is 37.4 Å². The first-order valence-electron chi connectivity index (χ1n) is 5.90. The molecule has 0 N–H and O–H groups in total.